The molecule has 0 aliphatic carbocycles. The molecule has 0 fully saturated rings. The molecule has 0 spiro atoms. The van der Waals surface area contributed by atoms with Crippen LogP contribution in [0.5, 0.6) is 0 Å². The van der Waals surface area contributed by atoms with Crippen molar-refractivity contribution in [3.05, 3.63) is 54.1 Å². The SMILES string of the molecule is CC(C)(C)c1nnnn1Cc1ccc(-c2ccccn2)nc1. The van der Waals surface area contributed by atoms with Crippen LogP contribution in [0.2, 0.25) is 0 Å². The van der Waals surface area contributed by atoms with Gasteiger partial charge in [0.2, 0.25) is 0 Å². The van der Waals surface area contributed by atoms with Crippen LogP contribution in [-0.2, 0) is 12.0 Å². The quantitative estimate of drug-likeness (QED) is 0.742. The number of tetrazole rings is 1. The van der Waals surface area contributed by atoms with Gasteiger partial charge in [0.25, 0.3) is 0 Å². The molecule has 0 aliphatic heterocycles. The maximum atomic E-state index is 4.48. The van der Waals surface area contributed by atoms with E-state index in [0.717, 1.165) is 22.8 Å². The van der Waals surface area contributed by atoms with Crippen LogP contribution in [0.3, 0.4) is 0 Å². The van der Waals surface area contributed by atoms with E-state index in [-0.39, 0.29) is 5.41 Å². The Kier molecular flexibility index (Phi) is 3.66. The number of rotatable bonds is 3. The van der Waals surface area contributed by atoms with E-state index in [1.807, 2.05) is 41.2 Å². The summed E-state index contributed by atoms with van der Waals surface area (Å²) in [5, 5.41) is 12.0. The van der Waals surface area contributed by atoms with Gasteiger partial charge in [-0.15, -0.1) is 5.10 Å². The molecule has 0 atom stereocenters. The van der Waals surface area contributed by atoms with Crippen LogP contribution < -0.4 is 0 Å². The van der Waals surface area contributed by atoms with Gasteiger partial charge < -0.3 is 0 Å². The van der Waals surface area contributed by atoms with Crippen molar-refractivity contribution in [1.29, 1.82) is 0 Å². The van der Waals surface area contributed by atoms with E-state index in [1.54, 1.807) is 6.20 Å². The van der Waals surface area contributed by atoms with Crippen LogP contribution in [0.1, 0.15) is 32.2 Å². The van der Waals surface area contributed by atoms with Crippen molar-refractivity contribution < 1.29 is 0 Å². The first-order valence-corrected chi connectivity index (χ1v) is 7.17. The Hall–Kier alpha value is -2.63. The van der Waals surface area contributed by atoms with Crippen molar-refractivity contribution in [2.45, 2.75) is 32.7 Å². The van der Waals surface area contributed by atoms with E-state index < -0.39 is 0 Å². The molecule has 3 aromatic heterocycles. The molecule has 0 saturated heterocycles. The number of hydrogen-bond acceptors (Lipinski definition) is 5. The molecule has 3 rings (SSSR count). The van der Waals surface area contributed by atoms with E-state index in [9.17, 15) is 0 Å². The summed E-state index contributed by atoms with van der Waals surface area (Å²) in [6.45, 7) is 6.89. The summed E-state index contributed by atoms with van der Waals surface area (Å²) in [4.78, 5) is 8.78. The maximum Gasteiger partial charge on any atom is 0.156 e. The average molecular weight is 294 g/mol. The third-order valence-electron chi connectivity index (χ3n) is 3.29. The number of nitrogens with zero attached hydrogens (tertiary/aromatic N) is 6. The molecular formula is C16H18N6. The maximum absolute atomic E-state index is 4.48. The summed E-state index contributed by atoms with van der Waals surface area (Å²) in [5.74, 6) is 0.862. The van der Waals surface area contributed by atoms with Gasteiger partial charge in [-0.2, -0.15) is 0 Å². The van der Waals surface area contributed by atoms with Gasteiger partial charge in [-0.05, 0) is 34.2 Å². The number of aromatic nitrogens is 6. The Bertz CT molecular complexity index is 740. The lowest BCUT2D eigenvalue weighted by Crippen LogP contribution is -2.20. The van der Waals surface area contributed by atoms with Gasteiger partial charge in [0.15, 0.2) is 5.82 Å². The van der Waals surface area contributed by atoms with Crippen LogP contribution >= 0.6 is 0 Å². The Morgan fingerprint density at radius 3 is 2.45 bits per heavy atom. The smallest absolute Gasteiger partial charge is 0.156 e. The normalized spacial score (nSPS) is 11.6. The monoisotopic (exact) mass is 294 g/mol. The van der Waals surface area contributed by atoms with Gasteiger partial charge in [0, 0.05) is 17.8 Å². The predicted molar refractivity (Wildman–Crippen MR) is 83.1 cm³/mol. The van der Waals surface area contributed by atoms with Crippen molar-refractivity contribution in [3.63, 3.8) is 0 Å². The largest absolute Gasteiger partial charge is 0.255 e. The minimum Gasteiger partial charge on any atom is -0.255 e. The van der Waals surface area contributed by atoms with E-state index >= 15 is 0 Å². The van der Waals surface area contributed by atoms with Gasteiger partial charge in [-0.1, -0.05) is 32.9 Å². The molecule has 3 aromatic rings. The van der Waals surface area contributed by atoms with Gasteiger partial charge in [0.05, 0.1) is 17.9 Å². The van der Waals surface area contributed by atoms with Crippen molar-refractivity contribution >= 4 is 0 Å². The van der Waals surface area contributed by atoms with Crippen LogP contribution in [0, 0.1) is 0 Å². The predicted octanol–water partition coefficient (Wildman–Crippen LogP) is 2.48. The lowest BCUT2D eigenvalue weighted by molar-refractivity contribution is 0.490. The second-order valence-electron chi connectivity index (χ2n) is 6.18. The van der Waals surface area contributed by atoms with Crippen LogP contribution in [0.25, 0.3) is 11.4 Å². The van der Waals surface area contributed by atoms with Gasteiger partial charge in [0.1, 0.15) is 0 Å². The first-order chi connectivity index (χ1) is 10.5. The Balaban J connectivity index is 1.82. The highest BCUT2D eigenvalue weighted by molar-refractivity contribution is 5.53. The molecule has 22 heavy (non-hydrogen) atoms. The molecule has 6 heteroatoms. The number of pyridine rings is 2. The van der Waals surface area contributed by atoms with Gasteiger partial charge in [-0.25, -0.2) is 4.68 Å². The van der Waals surface area contributed by atoms with Crippen molar-refractivity contribution in [2.24, 2.45) is 0 Å². The fourth-order valence-electron chi connectivity index (χ4n) is 2.21. The highest BCUT2D eigenvalue weighted by atomic mass is 15.5. The van der Waals surface area contributed by atoms with Crippen LogP contribution in [0.15, 0.2) is 42.7 Å². The molecule has 112 valence electrons. The molecule has 0 amide bonds. The molecule has 0 N–H and O–H groups in total. The third kappa shape index (κ3) is 3.00. The lowest BCUT2D eigenvalue weighted by atomic mass is 9.96. The fourth-order valence-corrected chi connectivity index (χ4v) is 2.21. The Labute approximate surface area is 129 Å². The van der Waals surface area contributed by atoms with Gasteiger partial charge >= 0.3 is 0 Å². The standard InChI is InChI=1S/C16H18N6/c1-16(2,3)15-19-20-21-22(15)11-12-7-8-14(18-10-12)13-6-4-5-9-17-13/h4-10H,11H2,1-3H3. The topological polar surface area (TPSA) is 69.4 Å². The fraction of sp³-hybridized carbons (Fsp3) is 0.312. The Morgan fingerprint density at radius 2 is 1.82 bits per heavy atom. The van der Waals surface area contributed by atoms with Gasteiger partial charge in [-0.3, -0.25) is 9.97 Å². The average Bonchev–Trinajstić information content (AvgIpc) is 2.97. The van der Waals surface area contributed by atoms with E-state index in [1.165, 1.54) is 0 Å². The molecule has 6 nitrogen and oxygen atoms in total. The van der Waals surface area contributed by atoms with E-state index in [0.29, 0.717) is 6.54 Å². The molecule has 0 saturated carbocycles. The van der Waals surface area contributed by atoms with Crippen molar-refractivity contribution in [1.82, 2.24) is 30.2 Å². The molecule has 3 heterocycles. The molecule has 0 aromatic carbocycles. The van der Waals surface area contributed by atoms with Crippen molar-refractivity contribution in [3.8, 4) is 11.4 Å². The van der Waals surface area contributed by atoms with E-state index in [2.05, 4.69) is 46.3 Å². The zero-order valence-corrected chi connectivity index (χ0v) is 12.9. The zero-order chi connectivity index (χ0) is 15.6. The second kappa shape index (κ2) is 5.63. The Morgan fingerprint density at radius 1 is 1.00 bits per heavy atom. The molecule has 0 unspecified atom stereocenters. The summed E-state index contributed by atoms with van der Waals surface area (Å²) in [6.07, 6.45) is 3.61. The summed E-state index contributed by atoms with van der Waals surface area (Å²) >= 11 is 0. The highest BCUT2D eigenvalue weighted by Crippen LogP contribution is 2.20. The summed E-state index contributed by atoms with van der Waals surface area (Å²) in [7, 11) is 0. The minimum atomic E-state index is -0.0924. The molecular weight excluding hydrogens is 276 g/mol. The minimum absolute atomic E-state index is 0.0924. The molecule has 0 aliphatic rings. The summed E-state index contributed by atoms with van der Waals surface area (Å²) in [5.41, 5.74) is 2.69. The molecule has 0 radical (unpaired) electrons. The van der Waals surface area contributed by atoms with Crippen molar-refractivity contribution in [2.75, 3.05) is 0 Å². The summed E-state index contributed by atoms with van der Waals surface area (Å²) in [6, 6.07) is 9.79. The molecule has 0 bridgehead atoms. The van der Waals surface area contributed by atoms with Crippen LogP contribution in [-0.4, -0.2) is 30.2 Å². The van der Waals surface area contributed by atoms with E-state index in [4.69, 9.17) is 0 Å². The second-order valence-corrected chi connectivity index (χ2v) is 6.18. The lowest BCUT2D eigenvalue weighted by Gasteiger charge is -2.17. The highest BCUT2D eigenvalue weighted by Gasteiger charge is 2.21. The van der Waals surface area contributed by atoms with Crippen LogP contribution in [0.4, 0.5) is 0 Å². The first kappa shape index (κ1) is 14.3. The first-order valence-electron chi connectivity index (χ1n) is 7.17. The zero-order valence-electron chi connectivity index (χ0n) is 12.9. The third-order valence-corrected chi connectivity index (χ3v) is 3.29. The summed E-state index contributed by atoms with van der Waals surface area (Å²) < 4.78 is 1.82. The number of hydrogen-bond donors (Lipinski definition) is 0.